The molecule has 0 spiro atoms. The molecular formula is C13H27N2O3Si+. The Hall–Kier alpha value is -0.693. The Morgan fingerprint density at radius 2 is 1.68 bits per heavy atom. The third kappa shape index (κ3) is 5.06. The van der Waals surface area contributed by atoms with Gasteiger partial charge >= 0.3 is 8.80 Å². The van der Waals surface area contributed by atoms with Crippen LogP contribution in [0.2, 0.25) is 6.04 Å². The molecule has 0 saturated carbocycles. The lowest BCUT2D eigenvalue weighted by atomic mass is 10.4. The largest absolute Gasteiger partial charge is 0.501 e. The van der Waals surface area contributed by atoms with Crippen LogP contribution < -0.4 is 4.57 Å². The van der Waals surface area contributed by atoms with Crippen molar-refractivity contribution in [2.24, 2.45) is 0 Å². The van der Waals surface area contributed by atoms with Crippen molar-refractivity contribution in [3.8, 4) is 0 Å². The predicted octanol–water partition coefficient (Wildman–Crippen LogP) is 2.05. The van der Waals surface area contributed by atoms with Gasteiger partial charge in [0.05, 0.1) is 6.54 Å². The van der Waals surface area contributed by atoms with Crippen molar-refractivity contribution in [1.29, 1.82) is 0 Å². The van der Waals surface area contributed by atoms with Gasteiger partial charge in [-0.05, 0) is 27.2 Å². The van der Waals surface area contributed by atoms with Crippen molar-refractivity contribution in [3.05, 3.63) is 18.2 Å². The number of aromatic amines is 1. The summed E-state index contributed by atoms with van der Waals surface area (Å²) in [4.78, 5) is 3.17. The van der Waals surface area contributed by atoms with Crippen LogP contribution in [0, 0.1) is 6.92 Å². The van der Waals surface area contributed by atoms with Crippen LogP contribution in [-0.4, -0.2) is 33.6 Å². The third-order valence-corrected chi connectivity index (χ3v) is 6.10. The first kappa shape index (κ1) is 16.4. The second-order valence-electron chi connectivity index (χ2n) is 4.32. The molecule has 110 valence electrons. The third-order valence-electron chi connectivity index (χ3n) is 2.95. The zero-order valence-electron chi connectivity index (χ0n) is 12.6. The second kappa shape index (κ2) is 8.47. The van der Waals surface area contributed by atoms with Crippen molar-refractivity contribution >= 4 is 8.80 Å². The number of hydrogen-bond donors (Lipinski definition) is 1. The van der Waals surface area contributed by atoms with E-state index in [-0.39, 0.29) is 0 Å². The van der Waals surface area contributed by atoms with Crippen LogP contribution in [0.4, 0.5) is 0 Å². The topological polar surface area (TPSA) is 47.4 Å². The van der Waals surface area contributed by atoms with E-state index in [4.69, 9.17) is 13.3 Å². The summed E-state index contributed by atoms with van der Waals surface area (Å²) in [5.74, 6) is 1.16. The highest BCUT2D eigenvalue weighted by atomic mass is 28.4. The van der Waals surface area contributed by atoms with E-state index in [2.05, 4.69) is 22.7 Å². The van der Waals surface area contributed by atoms with Gasteiger partial charge in [-0.3, -0.25) is 0 Å². The van der Waals surface area contributed by atoms with Gasteiger partial charge in [-0.15, -0.1) is 0 Å². The number of nitrogens with zero attached hydrogens (tertiary/aromatic N) is 1. The number of nitrogens with one attached hydrogen (secondary N) is 1. The molecule has 19 heavy (non-hydrogen) atoms. The van der Waals surface area contributed by atoms with Crippen molar-refractivity contribution in [3.63, 3.8) is 0 Å². The van der Waals surface area contributed by atoms with Crippen LogP contribution in [0.5, 0.6) is 0 Å². The van der Waals surface area contributed by atoms with Crippen LogP contribution in [0.25, 0.3) is 0 Å². The van der Waals surface area contributed by atoms with Gasteiger partial charge < -0.3 is 13.3 Å². The smallest absolute Gasteiger partial charge is 0.374 e. The summed E-state index contributed by atoms with van der Waals surface area (Å²) in [6.45, 7) is 10.9. The predicted molar refractivity (Wildman–Crippen MR) is 75.8 cm³/mol. The highest BCUT2D eigenvalue weighted by Crippen LogP contribution is 2.18. The molecular weight excluding hydrogens is 260 g/mol. The summed E-state index contributed by atoms with van der Waals surface area (Å²) >= 11 is 0. The normalized spacial score (nSPS) is 12.0. The standard InChI is InChI=1S/C13H26N2O3Si/c1-5-16-19(17-6-2,18-7-3)12-8-10-15-11-9-14-13(15)4/h9,11H,5-8,10,12H2,1-4H3/p+1. The highest BCUT2D eigenvalue weighted by Gasteiger charge is 2.39. The lowest BCUT2D eigenvalue weighted by Gasteiger charge is -2.28. The Morgan fingerprint density at radius 3 is 2.11 bits per heavy atom. The Kier molecular flexibility index (Phi) is 7.30. The molecule has 0 amide bonds. The molecule has 1 aromatic heterocycles. The summed E-state index contributed by atoms with van der Waals surface area (Å²) < 4.78 is 19.7. The molecule has 0 aliphatic heterocycles. The number of H-pyrrole nitrogens is 1. The molecule has 0 aliphatic carbocycles. The molecule has 1 aromatic rings. The summed E-state index contributed by atoms with van der Waals surface area (Å²) in [5, 5.41) is 0. The summed E-state index contributed by atoms with van der Waals surface area (Å²) in [5.41, 5.74) is 0. The quantitative estimate of drug-likeness (QED) is 0.529. The van der Waals surface area contributed by atoms with Gasteiger partial charge in [0.15, 0.2) is 0 Å². The molecule has 1 heterocycles. The number of imidazole rings is 1. The maximum absolute atomic E-state index is 5.84. The lowest BCUT2D eigenvalue weighted by Crippen LogP contribution is -2.47. The molecule has 0 radical (unpaired) electrons. The van der Waals surface area contributed by atoms with E-state index in [1.165, 1.54) is 0 Å². The Balaban J connectivity index is 2.53. The van der Waals surface area contributed by atoms with Gasteiger partial charge in [0.1, 0.15) is 12.4 Å². The van der Waals surface area contributed by atoms with Crippen molar-refractivity contribution in [1.82, 2.24) is 4.98 Å². The zero-order valence-corrected chi connectivity index (χ0v) is 13.6. The molecule has 0 unspecified atom stereocenters. The molecule has 0 aliphatic rings. The molecule has 5 nitrogen and oxygen atoms in total. The van der Waals surface area contributed by atoms with E-state index in [1.807, 2.05) is 27.0 Å². The minimum atomic E-state index is -2.47. The molecule has 1 N–H and O–H groups in total. The van der Waals surface area contributed by atoms with E-state index in [0.29, 0.717) is 19.8 Å². The lowest BCUT2D eigenvalue weighted by molar-refractivity contribution is -0.701. The number of rotatable bonds is 10. The minimum Gasteiger partial charge on any atom is -0.374 e. The van der Waals surface area contributed by atoms with E-state index in [0.717, 1.165) is 24.8 Å². The van der Waals surface area contributed by atoms with Gasteiger partial charge in [-0.1, -0.05) is 0 Å². The Labute approximate surface area is 117 Å². The summed E-state index contributed by atoms with van der Waals surface area (Å²) in [7, 11) is -2.47. The zero-order chi connectivity index (χ0) is 14.1. The molecule has 0 atom stereocenters. The van der Waals surface area contributed by atoms with Crippen molar-refractivity contribution in [2.45, 2.75) is 46.7 Å². The maximum atomic E-state index is 5.84. The SMILES string of the molecule is CCO[Si](CCC[n+]1cc[nH]c1C)(OCC)OCC. The van der Waals surface area contributed by atoms with Gasteiger partial charge in [0.2, 0.25) is 0 Å². The van der Waals surface area contributed by atoms with Crippen LogP contribution in [0.15, 0.2) is 12.4 Å². The van der Waals surface area contributed by atoms with E-state index in [1.54, 1.807) is 0 Å². The first-order chi connectivity index (χ1) is 9.17. The average Bonchev–Trinajstić information content (AvgIpc) is 2.76. The van der Waals surface area contributed by atoms with E-state index >= 15 is 0 Å². The van der Waals surface area contributed by atoms with Gasteiger partial charge in [0.25, 0.3) is 5.82 Å². The molecule has 1 rings (SSSR count). The number of hydrogen-bond acceptors (Lipinski definition) is 3. The van der Waals surface area contributed by atoms with Crippen molar-refractivity contribution in [2.75, 3.05) is 19.8 Å². The minimum absolute atomic E-state index is 0.641. The Bertz CT molecular complexity index is 340. The van der Waals surface area contributed by atoms with E-state index < -0.39 is 8.80 Å². The van der Waals surface area contributed by atoms with Crippen LogP contribution in [0.3, 0.4) is 0 Å². The summed E-state index contributed by atoms with van der Waals surface area (Å²) in [6.07, 6.45) is 5.00. The number of aryl methyl sites for hydroxylation is 2. The van der Waals surface area contributed by atoms with Crippen LogP contribution >= 0.6 is 0 Å². The molecule has 0 saturated heterocycles. The fraction of sp³-hybridized carbons (Fsp3) is 0.769. The fourth-order valence-corrected chi connectivity index (χ4v) is 4.75. The van der Waals surface area contributed by atoms with E-state index in [9.17, 15) is 0 Å². The highest BCUT2D eigenvalue weighted by molar-refractivity contribution is 6.60. The fourth-order valence-electron chi connectivity index (χ4n) is 2.15. The first-order valence-electron chi connectivity index (χ1n) is 7.12. The molecule has 0 aromatic carbocycles. The Morgan fingerprint density at radius 1 is 1.11 bits per heavy atom. The molecule has 0 fully saturated rings. The summed E-state index contributed by atoms with van der Waals surface area (Å²) in [6, 6.07) is 0.861. The van der Waals surface area contributed by atoms with Gasteiger partial charge in [-0.2, -0.15) is 0 Å². The molecule has 0 bridgehead atoms. The second-order valence-corrected chi connectivity index (χ2v) is 7.06. The monoisotopic (exact) mass is 287 g/mol. The first-order valence-corrected chi connectivity index (χ1v) is 9.06. The van der Waals surface area contributed by atoms with Crippen molar-refractivity contribution < 1.29 is 17.8 Å². The average molecular weight is 287 g/mol. The number of aromatic nitrogens is 2. The maximum Gasteiger partial charge on any atom is 0.501 e. The molecule has 6 heteroatoms. The van der Waals surface area contributed by atoms with Crippen LogP contribution in [-0.2, 0) is 19.8 Å². The van der Waals surface area contributed by atoms with Crippen LogP contribution in [0.1, 0.15) is 33.0 Å². The van der Waals surface area contributed by atoms with Gasteiger partial charge in [0, 0.05) is 32.8 Å². The van der Waals surface area contributed by atoms with Gasteiger partial charge in [-0.25, -0.2) is 9.55 Å².